The molecule has 1 rings (SSSR count). The normalized spacial score (nSPS) is 12.6. The zero-order valence-electron chi connectivity index (χ0n) is 8.89. The number of halogens is 1. The molecule has 0 bridgehead atoms. The van der Waals surface area contributed by atoms with Crippen LogP contribution in [-0.2, 0) is 0 Å². The first kappa shape index (κ1) is 11.5. The summed E-state index contributed by atoms with van der Waals surface area (Å²) in [5, 5.41) is 3.25. The lowest BCUT2D eigenvalue weighted by molar-refractivity contribution is 0.677. The van der Waals surface area contributed by atoms with Gasteiger partial charge in [0, 0.05) is 4.47 Å². The molecule has 1 aromatic carbocycles. The first-order chi connectivity index (χ1) is 6.56. The van der Waals surface area contributed by atoms with E-state index in [2.05, 4.69) is 52.9 Å². The molecule has 0 saturated heterocycles. The zero-order chi connectivity index (χ0) is 10.7. The number of aryl methyl sites for hydroxylation is 1. The molecule has 0 spiro atoms. The molecule has 0 heterocycles. The van der Waals surface area contributed by atoms with E-state index in [1.54, 1.807) is 0 Å². The van der Waals surface area contributed by atoms with Crippen LogP contribution in [0.1, 0.15) is 24.1 Å². The molecule has 14 heavy (non-hydrogen) atoms. The summed E-state index contributed by atoms with van der Waals surface area (Å²) in [5.74, 6) is 0. The van der Waals surface area contributed by atoms with Crippen LogP contribution in [-0.4, -0.2) is 7.05 Å². The Bertz CT molecular complexity index is 344. The highest BCUT2D eigenvalue weighted by Gasteiger charge is 2.12. The van der Waals surface area contributed by atoms with Crippen molar-refractivity contribution in [2.75, 3.05) is 7.05 Å². The molecule has 1 N–H and O–H groups in total. The standard InChI is InChI=1S/C12H16BrN/c1-8(2)12(14-4)10-6-5-9(3)7-11(10)13/h5-7,12,14H,1H2,2-4H3. The molecule has 0 aliphatic rings. The summed E-state index contributed by atoms with van der Waals surface area (Å²) in [7, 11) is 1.95. The van der Waals surface area contributed by atoms with Crippen LogP contribution in [0.3, 0.4) is 0 Å². The van der Waals surface area contributed by atoms with E-state index in [-0.39, 0.29) is 6.04 Å². The predicted octanol–water partition coefficient (Wildman–Crippen LogP) is 3.59. The van der Waals surface area contributed by atoms with Crippen LogP contribution in [0.5, 0.6) is 0 Å². The third kappa shape index (κ3) is 2.46. The van der Waals surface area contributed by atoms with Crippen LogP contribution in [0.4, 0.5) is 0 Å². The topological polar surface area (TPSA) is 12.0 Å². The molecule has 0 saturated carbocycles. The third-order valence-corrected chi connectivity index (χ3v) is 2.94. The number of rotatable bonds is 3. The van der Waals surface area contributed by atoms with Crippen molar-refractivity contribution in [3.05, 3.63) is 46.0 Å². The van der Waals surface area contributed by atoms with Gasteiger partial charge in [0.2, 0.25) is 0 Å². The van der Waals surface area contributed by atoms with Crippen molar-refractivity contribution in [1.82, 2.24) is 5.32 Å². The molecule has 0 radical (unpaired) electrons. The molecule has 1 aromatic rings. The van der Waals surface area contributed by atoms with Crippen LogP contribution in [0.15, 0.2) is 34.8 Å². The first-order valence-electron chi connectivity index (χ1n) is 4.65. The minimum absolute atomic E-state index is 0.227. The molecular formula is C12H16BrN. The molecule has 76 valence electrons. The monoisotopic (exact) mass is 253 g/mol. The van der Waals surface area contributed by atoms with Crippen molar-refractivity contribution in [2.45, 2.75) is 19.9 Å². The van der Waals surface area contributed by atoms with Gasteiger partial charge in [0.15, 0.2) is 0 Å². The van der Waals surface area contributed by atoms with Crippen molar-refractivity contribution >= 4 is 15.9 Å². The van der Waals surface area contributed by atoms with Gasteiger partial charge < -0.3 is 5.32 Å². The summed E-state index contributed by atoms with van der Waals surface area (Å²) in [6.45, 7) is 8.11. The Labute approximate surface area is 94.3 Å². The van der Waals surface area contributed by atoms with Gasteiger partial charge in [-0.05, 0) is 38.1 Å². The lowest BCUT2D eigenvalue weighted by Crippen LogP contribution is -2.17. The molecule has 0 fully saturated rings. The Morgan fingerprint density at radius 1 is 1.50 bits per heavy atom. The maximum absolute atomic E-state index is 3.98. The Hall–Kier alpha value is -0.600. The number of nitrogens with one attached hydrogen (secondary N) is 1. The van der Waals surface area contributed by atoms with E-state index in [9.17, 15) is 0 Å². The first-order valence-corrected chi connectivity index (χ1v) is 5.44. The molecule has 1 unspecified atom stereocenters. The average Bonchev–Trinajstić information content (AvgIpc) is 2.09. The van der Waals surface area contributed by atoms with Crippen molar-refractivity contribution in [3.63, 3.8) is 0 Å². The maximum Gasteiger partial charge on any atom is 0.0539 e. The fraction of sp³-hybridized carbons (Fsp3) is 0.333. The Morgan fingerprint density at radius 3 is 2.57 bits per heavy atom. The molecule has 2 heteroatoms. The quantitative estimate of drug-likeness (QED) is 0.813. The predicted molar refractivity (Wildman–Crippen MR) is 65.5 cm³/mol. The van der Waals surface area contributed by atoms with E-state index in [0.717, 1.165) is 10.0 Å². The minimum Gasteiger partial charge on any atom is -0.310 e. The van der Waals surface area contributed by atoms with Gasteiger partial charge in [0.25, 0.3) is 0 Å². The molecule has 0 aliphatic carbocycles. The van der Waals surface area contributed by atoms with Crippen LogP contribution in [0.2, 0.25) is 0 Å². The highest BCUT2D eigenvalue weighted by Crippen LogP contribution is 2.28. The minimum atomic E-state index is 0.227. The lowest BCUT2D eigenvalue weighted by Gasteiger charge is -2.18. The second-order valence-electron chi connectivity index (χ2n) is 3.59. The van der Waals surface area contributed by atoms with Gasteiger partial charge in [-0.1, -0.05) is 40.2 Å². The number of hydrogen-bond donors (Lipinski definition) is 1. The SMILES string of the molecule is C=C(C)C(NC)c1ccc(C)cc1Br. The van der Waals surface area contributed by atoms with E-state index in [1.807, 2.05) is 14.0 Å². The summed E-state index contributed by atoms with van der Waals surface area (Å²) in [6.07, 6.45) is 0. The molecule has 0 aliphatic heterocycles. The van der Waals surface area contributed by atoms with Crippen LogP contribution >= 0.6 is 15.9 Å². The maximum atomic E-state index is 3.98. The van der Waals surface area contributed by atoms with Gasteiger partial charge in [-0.3, -0.25) is 0 Å². The molecule has 1 nitrogen and oxygen atoms in total. The van der Waals surface area contributed by atoms with Gasteiger partial charge in [0.05, 0.1) is 6.04 Å². The van der Waals surface area contributed by atoms with Crippen molar-refractivity contribution in [1.29, 1.82) is 0 Å². The largest absolute Gasteiger partial charge is 0.310 e. The Kier molecular flexibility index (Phi) is 3.90. The van der Waals surface area contributed by atoms with Gasteiger partial charge in [0.1, 0.15) is 0 Å². The highest BCUT2D eigenvalue weighted by atomic mass is 79.9. The second kappa shape index (κ2) is 4.76. The summed E-state index contributed by atoms with van der Waals surface area (Å²) < 4.78 is 1.14. The van der Waals surface area contributed by atoms with Crippen molar-refractivity contribution in [2.24, 2.45) is 0 Å². The number of benzene rings is 1. The smallest absolute Gasteiger partial charge is 0.0539 e. The average molecular weight is 254 g/mol. The molecule has 0 aromatic heterocycles. The zero-order valence-corrected chi connectivity index (χ0v) is 10.5. The highest BCUT2D eigenvalue weighted by molar-refractivity contribution is 9.10. The Balaban J connectivity index is 3.10. The van der Waals surface area contributed by atoms with E-state index in [4.69, 9.17) is 0 Å². The number of hydrogen-bond acceptors (Lipinski definition) is 1. The molecular weight excluding hydrogens is 238 g/mol. The molecule has 0 amide bonds. The van der Waals surface area contributed by atoms with E-state index in [0.29, 0.717) is 0 Å². The lowest BCUT2D eigenvalue weighted by atomic mass is 10.0. The van der Waals surface area contributed by atoms with Gasteiger partial charge in [-0.2, -0.15) is 0 Å². The number of likely N-dealkylation sites (N-methyl/N-ethyl adjacent to an activating group) is 1. The third-order valence-electron chi connectivity index (χ3n) is 2.25. The van der Waals surface area contributed by atoms with Crippen LogP contribution < -0.4 is 5.32 Å². The van der Waals surface area contributed by atoms with E-state index in [1.165, 1.54) is 11.1 Å². The summed E-state index contributed by atoms with van der Waals surface area (Å²) in [4.78, 5) is 0. The fourth-order valence-electron chi connectivity index (χ4n) is 1.53. The van der Waals surface area contributed by atoms with Crippen LogP contribution in [0, 0.1) is 6.92 Å². The van der Waals surface area contributed by atoms with Gasteiger partial charge >= 0.3 is 0 Å². The van der Waals surface area contributed by atoms with Crippen LogP contribution in [0.25, 0.3) is 0 Å². The van der Waals surface area contributed by atoms with E-state index < -0.39 is 0 Å². The van der Waals surface area contributed by atoms with Crippen molar-refractivity contribution < 1.29 is 0 Å². The molecule has 1 atom stereocenters. The van der Waals surface area contributed by atoms with Gasteiger partial charge in [-0.15, -0.1) is 0 Å². The fourth-order valence-corrected chi connectivity index (χ4v) is 2.26. The summed E-state index contributed by atoms with van der Waals surface area (Å²) >= 11 is 3.58. The summed E-state index contributed by atoms with van der Waals surface area (Å²) in [6, 6.07) is 6.61. The van der Waals surface area contributed by atoms with E-state index >= 15 is 0 Å². The Morgan fingerprint density at radius 2 is 2.14 bits per heavy atom. The van der Waals surface area contributed by atoms with Gasteiger partial charge in [-0.25, -0.2) is 0 Å². The second-order valence-corrected chi connectivity index (χ2v) is 4.45. The van der Waals surface area contributed by atoms with Crippen molar-refractivity contribution in [3.8, 4) is 0 Å². The summed E-state index contributed by atoms with van der Waals surface area (Å²) in [5.41, 5.74) is 3.62.